The van der Waals surface area contributed by atoms with E-state index in [1.165, 1.54) is 6.20 Å². The normalized spacial score (nSPS) is 12.8. The van der Waals surface area contributed by atoms with Crippen LogP contribution in [-0.2, 0) is 4.79 Å². The number of rotatable bonds is 3. The summed E-state index contributed by atoms with van der Waals surface area (Å²) >= 11 is 0. The molecule has 1 unspecified atom stereocenters. The lowest BCUT2D eigenvalue weighted by atomic mass is 10.0. The van der Waals surface area contributed by atoms with E-state index >= 15 is 0 Å². The van der Waals surface area contributed by atoms with E-state index < -0.39 is 11.9 Å². The first kappa shape index (κ1) is 8.77. The first-order chi connectivity index (χ1) is 5.66. The molecule has 12 heavy (non-hydrogen) atoms. The number of aliphatic carboxylic acids is 1. The lowest BCUT2D eigenvalue weighted by molar-refractivity contribution is -0.139. The predicted octanol–water partition coefficient (Wildman–Crippen LogP) is 1.56. The zero-order chi connectivity index (χ0) is 9.14. The van der Waals surface area contributed by atoms with Crippen molar-refractivity contribution in [3.8, 4) is 0 Å². The van der Waals surface area contributed by atoms with E-state index in [0.717, 1.165) is 5.56 Å². The highest BCUT2D eigenvalue weighted by Gasteiger charge is 2.23. The zero-order valence-corrected chi connectivity index (χ0v) is 7.07. The van der Waals surface area contributed by atoms with Gasteiger partial charge in [0.05, 0.1) is 6.20 Å². The number of nitrogens with zero attached hydrogens (tertiary/aromatic N) is 1. The number of hydrogen-bond acceptors (Lipinski definition) is 3. The standard InChI is InChI=1S/C8H11NO3/c1-3-6(8(10)11)7-5(2)4-9-12-7/h4,6H,3H2,1-2H3,(H,10,11). The van der Waals surface area contributed by atoms with Gasteiger partial charge in [-0.1, -0.05) is 12.1 Å². The fraction of sp³-hybridized carbons (Fsp3) is 0.500. The van der Waals surface area contributed by atoms with E-state index in [-0.39, 0.29) is 0 Å². The summed E-state index contributed by atoms with van der Waals surface area (Å²) in [6.45, 7) is 3.60. The van der Waals surface area contributed by atoms with Gasteiger partial charge in [0.1, 0.15) is 5.92 Å². The third-order valence-electron chi connectivity index (χ3n) is 1.81. The van der Waals surface area contributed by atoms with Crippen LogP contribution < -0.4 is 0 Å². The second-order valence-corrected chi connectivity index (χ2v) is 2.67. The van der Waals surface area contributed by atoms with Crippen molar-refractivity contribution in [2.75, 3.05) is 0 Å². The van der Waals surface area contributed by atoms with Crippen molar-refractivity contribution in [2.24, 2.45) is 0 Å². The summed E-state index contributed by atoms with van der Waals surface area (Å²) in [5.74, 6) is -0.963. The van der Waals surface area contributed by atoms with E-state index in [0.29, 0.717) is 12.2 Å². The van der Waals surface area contributed by atoms with Crippen LogP contribution in [-0.4, -0.2) is 16.2 Å². The zero-order valence-electron chi connectivity index (χ0n) is 7.07. The Hall–Kier alpha value is -1.32. The van der Waals surface area contributed by atoms with E-state index in [2.05, 4.69) is 5.16 Å². The molecular weight excluding hydrogens is 158 g/mol. The smallest absolute Gasteiger partial charge is 0.314 e. The Labute approximate surface area is 70.2 Å². The molecule has 4 nitrogen and oxygen atoms in total. The van der Waals surface area contributed by atoms with Gasteiger partial charge in [0.2, 0.25) is 0 Å². The molecule has 0 saturated heterocycles. The van der Waals surface area contributed by atoms with Crippen LogP contribution in [0.5, 0.6) is 0 Å². The summed E-state index contributed by atoms with van der Waals surface area (Å²) in [5.41, 5.74) is 0.796. The molecule has 0 amide bonds. The highest BCUT2D eigenvalue weighted by molar-refractivity contribution is 5.75. The maximum absolute atomic E-state index is 10.7. The molecule has 0 saturated carbocycles. The molecule has 1 aromatic rings. The van der Waals surface area contributed by atoms with Gasteiger partial charge in [0, 0.05) is 5.56 Å². The summed E-state index contributed by atoms with van der Waals surface area (Å²) < 4.78 is 4.85. The van der Waals surface area contributed by atoms with Gasteiger partial charge in [-0.25, -0.2) is 0 Å². The van der Waals surface area contributed by atoms with Crippen molar-refractivity contribution < 1.29 is 14.4 Å². The number of aryl methyl sites for hydroxylation is 1. The fourth-order valence-corrected chi connectivity index (χ4v) is 1.11. The topological polar surface area (TPSA) is 63.3 Å². The molecule has 1 atom stereocenters. The molecule has 1 N–H and O–H groups in total. The summed E-state index contributed by atoms with van der Waals surface area (Å²) in [4.78, 5) is 10.7. The van der Waals surface area contributed by atoms with Gasteiger partial charge in [-0.3, -0.25) is 4.79 Å². The third-order valence-corrected chi connectivity index (χ3v) is 1.81. The molecule has 0 radical (unpaired) electrons. The summed E-state index contributed by atoms with van der Waals surface area (Å²) in [6.07, 6.45) is 2.05. The van der Waals surface area contributed by atoms with Gasteiger partial charge in [-0.2, -0.15) is 0 Å². The fourth-order valence-electron chi connectivity index (χ4n) is 1.11. The molecule has 1 heterocycles. The Morgan fingerprint density at radius 1 is 1.83 bits per heavy atom. The molecule has 0 aromatic carbocycles. The van der Waals surface area contributed by atoms with Crippen molar-refractivity contribution in [1.82, 2.24) is 5.16 Å². The summed E-state index contributed by atoms with van der Waals surface area (Å²) in [6, 6.07) is 0. The molecule has 4 heteroatoms. The molecule has 1 aromatic heterocycles. The van der Waals surface area contributed by atoms with Gasteiger partial charge in [0.25, 0.3) is 0 Å². The van der Waals surface area contributed by atoms with E-state index in [1.807, 2.05) is 0 Å². The molecule has 0 fully saturated rings. The molecular formula is C8H11NO3. The van der Waals surface area contributed by atoms with Crippen molar-refractivity contribution in [3.05, 3.63) is 17.5 Å². The Balaban J connectivity index is 2.94. The molecule has 0 aliphatic carbocycles. The molecule has 0 aliphatic heterocycles. The second-order valence-electron chi connectivity index (χ2n) is 2.67. The monoisotopic (exact) mass is 169 g/mol. The third kappa shape index (κ3) is 1.47. The largest absolute Gasteiger partial charge is 0.481 e. The lowest BCUT2D eigenvalue weighted by Gasteiger charge is -2.05. The lowest BCUT2D eigenvalue weighted by Crippen LogP contribution is -2.10. The Kier molecular flexibility index (Phi) is 2.47. The summed E-state index contributed by atoms with van der Waals surface area (Å²) in [5, 5.41) is 12.3. The number of aromatic nitrogens is 1. The van der Waals surface area contributed by atoms with Crippen LogP contribution in [0.25, 0.3) is 0 Å². The molecule has 66 valence electrons. The van der Waals surface area contributed by atoms with Crippen LogP contribution in [0.15, 0.2) is 10.7 Å². The number of carboxylic acid groups (broad SMARTS) is 1. The highest BCUT2D eigenvalue weighted by atomic mass is 16.5. The Morgan fingerprint density at radius 3 is 2.83 bits per heavy atom. The van der Waals surface area contributed by atoms with Crippen LogP contribution >= 0.6 is 0 Å². The van der Waals surface area contributed by atoms with Crippen LogP contribution in [0.2, 0.25) is 0 Å². The first-order valence-corrected chi connectivity index (χ1v) is 3.80. The predicted molar refractivity (Wildman–Crippen MR) is 41.9 cm³/mol. The molecule has 0 spiro atoms. The molecule has 0 bridgehead atoms. The minimum atomic E-state index is -0.864. The van der Waals surface area contributed by atoms with Crippen LogP contribution in [0.4, 0.5) is 0 Å². The van der Waals surface area contributed by atoms with Gasteiger partial charge in [-0.15, -0.1) is 0 Å². The first-order valence-electron chi connectivity index (χ1n) is 3.80. The Bertz CT molecular complexity index is 280. The Morgan fingerprint density at radius 2 is 2.50 bits per heavy atom. The van der Waals surface area contributed by atoms with Crippen molar-refractivity contribution >= 4 is 5.97 Å². The van der Waals surface area contributed by atoms with Gasteiger partial charge < -0.3 is 9.63 Å². The van der Waals surface area contributed by atoms with Gasteiger partial charge in [0.15, 0.2) is 5.76 Å². The van der Waals surface area contributed by atoms with E-state index in [9.17, 15) is 4.79 Å². The SMILES string of the molecule is CCC(C(=O)O)c1oncc1C. The average Bonchev–Trinajstić information content (AvgIpc) is 2.38. The highest BCUT2D eigenvalue weighted by Crippen LogP contribution is 2.22. The van der Waals surface area contributed by atoms with Crippen LogP contribution in [0, 0.1) is 6.92 Å². The minimum absolute atomic E-state index is 0.463. The molecule has 1 rings (SSSR count). The maximum Gasteiger partial charge on any atom is 0.314 e. The van der Waals surface area contributed by atoms with Crippen LogP contribution in [0.3, 0.4) is 0 Å². The minimum Gasteiger partial charge on any atom is -0.481 e. The van der Waals surface area contributed by atoms with Gasteiger partial charge >= 0.3 is 5.97 Å². The second kappa shape index (κ2) is 3.38. The number of hydrogen-bond donors (Lipinski definition) is 1. The summed E-state index contributed by atoms with van der Waals surface area (Å²) in [7, 11) is 0. The quantitative estimate of drug-likeness (QED) is 0.745. The number of carboxylic acids is 1. The van der Waals surface area contributed by atoms with Crippen LogP contribution in [0.1, 0.15) is 30.6 Å². The molecule has 0 aliphatic rings. The van der Waals surface area contributed by atoms with E-state index in [4.69, 9.17) is 9.63 Å². The average molecular weight is 169 g/mol. The maximum atomic E-state index is 10.7. The number of carbonyl (C=O) groups is 1. The van der Waals surface area contributed by atoms with Crippen molar-refractivity contribution in [2.45, 2.75) is 26.2 Å². The van der Waals surface area contributed by atoms with Crippen molar-refractivity contribution in [3.63, 3.8) is 0 Å². The van der Waals surface area contributed by atoms with Crippen molar-refractivity contribution in [1.29, 1.82) is 0 Å². The van der Waals surface area contributed by atoms with E-state index in [1.54, 1.807) is 13.8 Å². The van der Waals surface area contributed by atoms with Gasteiger partial charge in [-0.05, 0) is 13.3 Å².